The SMILES string of the molecule is CCC(=O)N(C(=O)OC(C)(C)C)C(C)(CCCc1ccc(Sc2cccc(C(F)(F)F)c2)cc1F)C(=O)O. The number of nitrogens with zero attached hydrogens (tertiary/aromatic N) is 1. The molecule has 2 aromatic rings. The topological polar surface area (TPSA) is 83.9 Å². The van der Waals surface area contributed by atoms with Crippen LogP contribution in [0.15, 0.2) is 52.3 Å². The average molecular weight is 558 g/mol. The van der Waals surface area contributed by atoms with Gasteiger partial charge in [0.25, 0.3) is 0 Å². The Bertz CT molecular complexity index is 1180. The van der Waals surface area contributed by atoms with E-state index in [0.29, 0.717) is 14.7 Å². The highest BCUT2D eigenvalue weighted by atomic mass is 32.2. The van der Waals surface area contributed by atoms with Gasteiger partial charge in [0.05, 0.1) is 5.56 Å². The molecule has 0 saturated heterocycles. The van der Waals surface area contributed by atoms with Gasteiger partial charge in [-0.05, 0) is 82.9 Å². The lowest BCUT2D eigenvalue weighted by Crippen LogP contribution is -2.58. The Labute approximate surface area is 223 Å². The fourth-order valence-electron chi connectivity index (χ4n) is 3.65. The van der Waals surface area contributed by atoms with Crippen LogP contribution in [0.4, 0.5) is 22.4 Å². The van der Waals surface area contributed by atoms with Crippen molar-refractivity contribution in [2.24, 2.45) is 0 Å². The van der Waals surface area contributed by atoms with Crippen LogP contribution in [-0.4, -0.2) is 39.1 Å². The van der Waals surface area contributed by atoms with Crippen molar-refractivity contribution in [3.63, 3.8) is 0 Å². The Hall–Kier alpha value is -3.08. The molecule has 0 spiro atoms. The lowest BCUT2D eigenvalue weighted by Gasteiger charge is -2.37. The molecule has 38 heavy (non-hydrogen) atoms. The third-order valence-corrected chi connectivity index (χ3v) is 6.59. The summed E-state index contributed by atoms with van der Waals surface area (Å²) in [6.07, 6.45) is -5.62. The van der Waals surface area contributed by atoms with Gasteiger partial charge in [0.15, 0.2) is 0 Å². The number of carbonyl (C=O) groups is 3. The molecule has 6 nitrogen and oxygen atoms in total. The summed E-state index contributed by atoms with van der Waals surface area (Å²) >= 11 is 0.977. The Morgan fingerprint density at radius 3 is 2.16 bits per heavy atom. The minimum Gasteiger partial charge on any atom is -0.479 e. The molecule has 2 amide bonds. The van der Waals surface area contributed by atoms with Crippen molar-refractivity contribution in [2.75, 3.05) is 0 Å². The smallest absolute Gasteiger partial charge is 0.418 e. The van der Waals surface area contributed by atoms with Gasteiger partial charge in [-0.3, -0.25) is 4.79 Å². The van der Waals surface area contributed by atoms with E-state index in [-0.39, 0.29) is 31.2 Å². The van der Waals surface area contributed by atoms with Crippen LogP contribution in [0.2, 0.25) is 0 Å². The molecule has 11 heteroatoms. The zero-order valence-corrected chi connectivity index (χ0v) is 22.6. The lowest BCUT2D eigenvalue weighted by molar-refractivity contribution is -0.157. The first-order valence-corrected chi connectivity index (χ1v) is 12.7. The second-order valence-electron chi connectivity index (χ2n) is 9.88. The molecule has 0 aromatic heterocycles. The van der Waals surface area contributed by atoms with Gasteiger partial charge in [-0.1, -0.05) is 30.8 Å². The molecule has 0 aliphatic heterocycles. The molecule has 1 atom stereocenters. The molecule has 0 aliphatic carbocycles. The minimum atomic E-state index is -4.49. The average Bonchev–Trinajstić information content (AvgIpc) is 2.78. The van der Waals surface area contributed by atoms with Crippen molar-refractivity contribution >= 4 is 29.7 Å². The summed E-state index contributed by atoms with van der Waals surface area (Å²) in [7, 11) is 0. The van der Waals surface area contributed by atoms with Gasteiger partial charge in [-0.15, -0.1) is 0 Å². The molecule has 2 rings (SSSR count). The molecule has 0 bridgehead atoms. The zero-order valence-electron chi connectivity index (χ0n) is 21.8. The van der Waals surface area contributed by atoms with E-state index in [0.717, 1.165) is 23.9 Å². The number of halogens is 4. The number of carboxylic acid groups (broad SMARTS) is 1. The molecule has 208 valence electrons. The predicted octanol–water partition coefficient (Wildman–Crippen LogP) is 7.34. The van der Waals surface area contributed by atoms with Crippen LogP contribution < -0.4 is 0 Å². The van der Waals surface area contributed by atoms with E-state index >= 15 is 0 Å². The van der Waals surface area contributed by atoms with Crippen molar-refractivity contribution in [3.8, 4) is 0 Å². The van der Waals surface area contributed by atoms with Gasteiger partial charge in [-0.25, -0.2) is 18.9 Å². The summed E-state index contributed by atoms with van der Waals surface area (Å²) in [5.41, 5.74) is -3.43. The van der Waals surface area contributed by atoms with Crippen LogP contribution in [0.25, 0.3) is 0 Å². The van der Waals surface area contributed by atoms with Gasteiger partial charge in [0.2, 0.25) is 5.91 Å². The van der Waals surface area contributed by atoms with Crippen LogP contribution in [0.5, 0.6) is 0 Å². The van der Waals surface area contributed by atoms with Gasteiger partial charge in [-0.2, -0.15) is 13.2 Å². The number of aryl methyl sites for hydroxylation is 1. The maximum Gasteiger partial charge on any atom is 0.418 e. The molecule has 0 saturated carbocycles. The van der Waals surface area contributed by atoms with Crippen LogP contribution in [0.3, 0.4) is 0 Å². The Morgan fingerprint density at radius 2 is 1.63 bits per heavy atom. The molecular formula is C27H31F4NO5S. The summed E-state index contributed by atoms with van der Waals surface area (Å²) in [6.45, 7) is 7.52. The summed E-state index contributed by atoms with van der Waals surface area (Å²) in [4.78, 5) is 38.9. The third kappa shape index (κ3) is 8.21. The number of carboxylic acids is 1. The molecule has 0 aliphatic rings. The van der Waals surface area contributed by atoms with Crippen molar-refractivity contribution < 1.29 is 41.8 Å². The quantitative estimate of drug-likeness (QED) is 0.325. The number of aliphatic carboxylic acids is 1. The second-order valence-corrected chi connectivity index (χ2v) is 11.0. The van der Waals surface area contributed by atoms with Gasteiger partial charge < -0.3 is 9.84 Å². The number of hydrogen-bond acceptors (Lipinski definition) is 5. The molecule has 1 N–H and O–H groups in total. The standard InChI is InChI=1S/C27H31F4NO5S/c1-6-22(33)32(24(36)37-25(2,3)4)26(5,23(34)35)14-8-9-17-12-13-20(16-21(17)28)38-19-11-7-10-18(15-19)27(29,30)31/h7,10-13,15-16H,6,8-9,14H2,1-5H3,(H,34,35). The normalized spacial score (nSPS) is 13.5. The van der Waals surface area contributed by atoms with E-state index in [2.05, 4.69) is 0 Å². The van der Waals surface area contributed by atoms with E-state index in [9.17, 15) is 37.1 Å². The highest BCUT2D eigenvalue weighted by Gasteiger charge is 2.47. The van der Waals surface area contributed by atoms with Crippen LogP contribution in [0.1, 0.15) is 65.0 Å². The second kappa shape index (κ2) is 12.2. The van der Waals surface area contributed by atoms with E-state index in [1.807, 2.05) is 0 Å². The van der Waals surface area contributed by atoms with Crippen molar-refractivity contribution in [1.82, 2.24) is 4.90 Å². The minimum absolute atomic E-state index is 0.103. The number of amides is 2. The van der Waals surface area contributed by atoms with Gasteiger partial charge in [0.1, 0.15) is 17.0 Å². The first-order valence-electron chi connectivity index (χ1n) is 11.9. The fourth-order valence-corrected chi connectivity index (χ4v) is 4.55. The summed E-state index contributed by atoms with van der Waals surface area (Å²) in [5.74, 6) is -2.72. The Balaban J connectivity index is 2.17. The number of ether oxygens (including phenoxy) is 1. The first kappa shape index (κ1) is 31.1. The van der Waals surface area contributed by atoms with Crippen LogP contribution in [0, 0.1) is 5.82 Å². The zero-order chi connectivity index (χ0) is 28.9. The van der Waals surface area contributed by atoms with Crippen molar-refractivity contribution in [1.29, 1.82) is 0 Å². The van der Waals surface area contributed by atoms with E-state index in [4.69, 9.17) is 4.74 Å². The van der Waals surface area contributed by atoms with Gasteiger partial charge >= 0.3 is 18.2 Å². The molecular weight excluding hydrogens is 526 g/mol. The summed E-state index contributed by atoms with van der Waals surface area (Å²) in [5, 5.41) is 9.94. The number of hydrogen-bond donors (Lipinski definition) is 1. The van der Waals surface area contributed by atoms with E-state index < -0.39 is 46.7 Å². The highest BCUT2D eigenvalue weighted by molar-refractivity contribution is 7.99. The molecule has 1 unspecified atom stereocenters. The maximum absolute atomic E-state index is 14.8. The summed E-state index contributed by atoms with van der Waals surface area (Å²) in [6, 6.07) is 8.95. The fraction of sp³-hybridized carbons (Fsp3) is 0.444. The third-order valence-electron chi connectivity index (χ3n) is 5.61. The van der Waals surface area contributed by atoms with Crippen LogP contribution >= 0.6 is 11.8 Å². The maximum atomic E-state index is 14.8. The summed E-state index contributed by atoms with van der Waals surface area (Å²) < 4.78 is 58.9. The molecule has 0 heterocycles. The predicted molar refractivity (Wildman–Crippen MR) is 134 cm³/mol. The van der Waals surface area contributed by atoms with Crippen molar-refractivity contribution in [3.05, 3.63) is 59.4 Å². The molecule has 0 fully saturated rings. The van der Waals surface area contributed by atoms with Crippen molar-refractivity contribution in [2.45, 2.75) is 87.4 Å². The van der Waals surface area contributed by atoms with Gasteiger partial charge in [0, 0.05) is 16.2 Å². The number of carbonyl (C=O) groups excluding carboxylic acids is 2. The molecule has 0 radical (unpaired) electrons. The number of rotatable bonds is 9. The Morgan fingerprint density at radius 1 is 1.00 bits per heavy atom. The van der Waals surface area contributed by atoms with E-state index in [1.165, 1.54) is 38.1 Å². The highest BCUT2D eigenvalue weighted by Crippen LogP contribution is 2.35. The van der Waals surface area contributed by atoms with E-state index in [1.54, 1.807) is 26.8 Å². The first-order chi connectivity index (χ1) is 17.5. The van der Waals surface area contributed by atoms with Crippen LogP contribution in [-0.2, 0) is 26.9 Å². The number of alkyl halides is 3. The largest absolute Gasteiger partial charge is 0.479 e. The number of benzene rings is 2. The molecule has 2 aromatic carbocycles. The number of imide groups is 1. The Kier molecular flexibility index (Phi) is 9.99. The lowest BCUT2D eigenvalue weighted by atomic mass is 9.91. The monoisotopic (exact) mass is 557 g/mol.